The van der Waals surface area contributed by atoms with Crippen molar-refractivity contribution in [3.8, 4) is 11.3 Å². The van der Waals surface area contributed by atoms with Crippen LogP contribution in [0.15, 0.2) is 54.9 Å². The number of pyridine rings is 1. The number of hydrogen-bond donors (Lipinski definition) is 1. The molecule has 1 aromatic carbocycles. The van der Waals surface area contributed by atoms with E-state index in [4.69, 9.17) is 0 Å². The van der Waals surface area contributed by atoms with Gasteiger partial charge in [0, 0.05) is 18.0 Å². The molecule has 1 N–H and O–H groups in total. The molecule has 0 radical (unpaired) electrons. The van der Waals surface area contributed by atoms with E-state index < -0.39 is 5.60 Å². The maximum absolute atomic E-state index is 13.0. The van der Waals surface area contributed by atoms with Crippen LogP contribution in [0.5, 0.6) is 0 Å². The highest BCUT2D eigenvalue weighted by atomic mass is 32.1. The molecule has 2 heterocycles. The number of aliphatic hydroxyl groups is 1. The van der Waals surface area contributed by atoms with Crippen molar-refractivity contribution in [3.05, 3.63) is 71.1 Å². The Morgan fingerprint density at radius 3 is 2.43 bits per heavy atom. The molecule has 21 heavy (non-hydrogen) atoms. The Balaban J connectivity index is 1.96. The van der Waals surface area contributed by atoms with E-state index in [1.807, 2.05) is 6.07 Å². The third kappa shape index (κ3) is 2.70. The van der Waals surface area contributed by atoms with Gasteiger partial charge in [-0.25, -0.2) is 4.39 Å². The van der Waals surface area contributed by atoms with Crippen LogP contribution in [-0.2, 0) is 5.60 Å². The summed E-state index contributed by atoms with van der Waals surface area (Å²) in [4.78, 5) is 4.68. The molecule has 0 saturated heterocycles. The molecule has 106 valence electrons. The van der Waals surface area contributed by atoms with Crippen molar-refractivity contribution >= 4 is 11.5 Å². The van der Waals surface area contributed by atoms with Crippen LogP contribution in [0.25, 0.3) is 11.3 Å². The Morgan fingerprint density at radius 2 is 1.76 bits per heavy atom. The molecule has 0 fully saturated rings. The fraction of sp³-hybridized carbons (Fsp3) is 0.125. The molecule has 0 amide bonds. The van der Waals surface area contributed by atoms with Crippen molar-refractivity contribution < 1.29 is 9.50 Å². The highest BCUT2D eigenvalue weighted by molar-refractivity contribution is 7.06. The van der Waals surface area contributed by atoms with Crippen molar-refractivity contribution in [3.63, 3.8) is 0 Å². The lowest BCUT2D eigenvalue weighted by Gasteiger charge is -2.21. The van der Waals surface area contributed by atoms with Gasteiger partial charge in [-0.3, -0.25) is 4.98 Å². The number of nitrogens with zero attached hydrogens (tertiary/aromatic N) is 2. The SMILES string of the molecule is CC(O)(c1ccncc1)c1cc(-c2ccc(F)cc2)ns1. The zero-order chi connectivity index (χ0) is 14.9. The van der Waals surface area contributed by atoms with Crippen LogP contribution in [0, 0.1) is 5.82 Å². The second-order valence-electron chi connectivity index (χ2n) is 4.89. The number of hydrogen-bond acceptors (Lipinski definition) is 4. The van der Waals surface area contributed by atoms with E-state index in [0.29, 0.717) is 0 Å². The maximum atomic E-state index is 13.0. The highest BCUT2D eigenvalue weighted by Gasteiger charge is 2.28. The fourth-order valence-corrected chi connectivity index (χ4v) is 2.89. The normalized spacial score (nSPS) is 13.9. The Labute approximate surface area is 125 Å². The first kappa shape index (κ1) is 13.9. The van der Waals surface area contributed by atoms with Crippen LogP contribution in [0.1, 0.15) is 17.4 Å². The molecule has 0 aliphatic carbocycles. The van der Waals surface area contributed by atoms with Crippen LogP contribution in [0.3, 0.4) is 0 Å². The predicted molar refractivity (Wildman–Crippen MR) is 80.4 cm³/mol. The van der Waals surface area contributed by atoms with E-state index >= 15 is 0 Å². The summed E-state index contributed by atoms with van der Waals surface area (Å²) in [7, 11) is 0. The second kappa shape index (κ2) is 5.35. The molecular weight excluding hydrogens is 287 g/mol. The summed E-state index contributed by atoms with van der Waals surface area (Å²) in [6.07, 6.45) is 3.29. The number of benzene rings is 1. The van der Waals surface area contributed by atoms with Gasteiger partial charge in [0.05, 0.1) is 10.6 Å². The van der Waals surface area contributed by atoms with Crippen molar-refractivity contribution in [1.82, 2.24) is 9.36 Å². The summed E-state index contributed by atoms with van der Waals surface area (Å²) in [5.74, 6) is -0.280. The topological polar surface area (TPSA) is 46.0 Å². The number of rotatable bonds is 3. The molecule has 1 atom stereocenters. The number of aromatic nitrogens is 2. The van der Waals surface area contributed by atoms with Gasteiger partial charge in [0.1, 0.15) is 11.4 Å². The summed E-state index contributed by atoms with van der Waals surface area (Å²) in [6.45, 7) is 1.73. The average Bonchev–Trinajstić information content (AvgIpc) is 2.99. The summed E-state index contributed by atoms with van der Waals surface area (Å²) < 4.78 is 17.3. The number of halogens is 1. The zero-order valence-electron chi connectivity index (χ0n) is 11.3. The van der Waals surface area contributed by atoms with Crippen LogP contribution in [-0.4, -0.2) is 14.5 Å². The van der Waals surface area contributed by atoms with Crippen LogP contribution >= 0.6 is 11.5 Å². The Kier molecular flexibility index (Phi) is 3.53. The third-order valence-electron chi connectivity index (χ3n) is 3.37. The smallest absolute Gasteiger partial charge is 0.123 e. The van der Waals surface area contributed by atoms with E-state index in [-0.39, 0.29) is 5.82 Å². The maximum Gasteiger partial charge on any atom is 0.123 e. The third-order valence-corrected chi connectivity index (χ3v) is 4.37. The van der Waals surface area contributed by atoms with Crippen LogP contribution in [0.4, 0.5) is 4.39 Å². The van der Waals surface area contributed by atoms with Gasteiger partial charge in [-0.1, -0.05) is 0 Å². The fourth-order valence-electron chi connectivity index (χ4n) is 2.08. The first-order chi connectivity index (χ1) is 10.1. The lowest BCUT2D eigenvalue weighted by molar-refractivity contribution is 0.106. The molecule has 0 aliphatic heterocycles. The lowest BCUT2D eigenvalue weighted by atomic mass is 9.95. The Morgan fingerprint density at radius 1 is 1.10 bits per heavy atom. The van der Waals surface area contributed by atoms with Gasteiger partial charge in [0.15, 0.2) is 0 Å². The van der Waals surface area contributed by atoms with Crippen molar-refractivity contribution in [2.75, 3.05) is 0 Å². The van der Waals surface area contributed by atoms with Crippen molar-refractivity contribution in [1.29, 1.82) is 0 Å². The predicted octanol–water partition coefficient (Wildman–Crippen LogP) is 3.60. The van der Waals surface area contributed by atoms with E-state index in [1.54, 1.807) is 43.6 Å². The molecule has 0 saturated carbocycles. The monoisotopic (exact) mass is 300 g/mol. The minimum Gasteiger partial charge on any atom is -0.380 e. The van der Waals surface area contributed by atoms with Crippen molar-refractivity contribution in [2.45, 2.75) is 12.5 Å². The summed E-state index contributed by atoms with van der Waals surface area (Å²) >= 11 is 1.24. The van der Waals surface area contributed by atoms with E-state index in [9.17, 15) is 9.50 Å². The molecule has 0 bridgehead atoms. The largest absolute Gasteiger partial charge is 0.380 e. The molecule has 5 heteroatoms. The van der Waals surface area contributed by atoms with Gasteiger partial charge >= 0.3 is 0 Å². The Hall–Kier alpha value is -2.11. The minimum absolute atomic E-state index is 0.280. The molecule has 1 unspecified atom stereocenters. The van der Waals surface area contributed by atoms with Crippen LogP contribution in [0.2, 0.25) is 0 Å². The standard InChI is InChI=1S/C16H13FN2OS/c1-16(20,12-6-8-18-9-7-12)15-10-14(19-21-15)11-2-4-13(17)5-3-11/h2-10,20H,1H3. The summed E-state index contributed by atoms with van der Waals surface area (Å²) in [6, 6.07) is 11.5. The summed E-state index contributed by atoms with van der Waals surface area (Å²) in [5, 5.41) is 10.7. The molecule has 0 spiro atoms. The van der Waals surface area contributed by atoms with Gasteiger partial charge < -0.3 is 5.11 Å². The van der Waals surface area contributed by atoms with Crippen LogP contribution < -0.4 is 0 Å². The van der Waals surface area contributed by atoms with Gasteiger partial charge in [0.25, 0.3) is 0 Å². The van der Waals surface area contributed by atoms with E-state index in [0.717, 1.165) is 21.7 Å². The van der Waals surface area contributed by atoms with Gasteiger partial charge in [0.2, 0.25) is 0 Å². The molecule has 3 aromatic rings. The zero-order valence-corrected chi connectivity index (χ0v) is 12.1. The first-order valence-electron chi connectivity index (χ1n) is 6.43. The first-order valence-corrected chi connectivity index (χ1v) is 7.21. The quantitative estimate of drug-likeness (QED) is 0.804. The van der Waals surface area contributed by atoms with Gasteiger partial charge in [-0.05, 0) is 66.5 Å². The van der Waals surface area contributed by atoms with Gasteiger partial charge in [-0.15, -0.1) is 0 Å². The molecule has 0 aliphatic rings. The van der Waals surface area contributed by atoms with E-state index in [2.05, 4.69) is 9.36 Å². The highest BCUT2D eigenvalue weighted by Crippen LogP contribution is 2.34. The minimum atomic E-state index is -1.13. The molecular formula is C16H13FN2OS. The Bertz CT molecular complexity index is 738. The van der Waals surface area contributed by atoms with E-state index in [1.165, 1.54) is 23.7 Å². The second-order valence-corrected chi connectivity index (χ2v) is 5.70. The van der Waals surface area contributed by atoms with Crippen molar-refractivity contribution in [2.24, 2.45) is 0 Å². The van der Waals surface area contributed by atoms with Gasteiger partial charge in [-0.2, -0.15) is 4.37 Å². The molecule has 2 aromatic heterocycles. The average molecular weight is 300 g/mol. The summed E-state index contributed by atoms with van der Waals surface area (Å²) in [5.41, 5.74) is 1.18. The molecule has 3 nitrogen and oxygen atoms in total. The lowest BCUT2D eigenvalue weighted by Crippen LogP contribution is -2.21. The molecule has 3 rings (SSSR count).